The molecule has 22 heavy (non-hydrogen) atoms. The first-order valence-electron chi connectivity index (χ1n) is 6.71. The first-order valence-corrected chi connectivity index (χ1v) is 6.71. The lowest BCUT2D eigenvalue weighted by Crippen LogP contribution is -2.57. The number of fused-ring (bicyclic) bond motifs is 4. The third-order valence-electron chi connectivity index (χ3n) is 4.19. The summed E-state index contributed by atoms with van der Waals surface area (Å²) in [6, 6.07) is 0.643. The molecule has 1 aliphatic carbocycles. The van der Waals surface area contributed by atoms with E-state index in [0.29, 0.717) is 11.1 Å². The van der Waals surface area contributed by atoms with Gasteiger partial charge in [0.1, 0.15) is 18.3 Å². The van der Waals surface area contributed by atoms with Crippen molar-refractivity contribution in [2.75, 3.05) is 6.79 Å². The van der Waals surface area contributed by atoms with E-state index in [2.05, 4.69) is 5.32 Å². The molecule has 0 saturated carbocycles. The minimum absolute atomic E-state index is 0.0115. The Kier molecular flexibility index (Phi) is 2.65. The summed E-state index contributed by atoms with van der Waals surface area (Å²) in [5.74, 6) is -0.585. The van der Waals surface area contributed by atoms with Crippen molar-refractivity contribution < 1.29 is 34.7 Å². The summed E-state index contributed by atoms with van der Waals surface area (Å²) < 4.78 is 10.3. The number of phenols is 1. The maximum absolute atomic E-state index is 12.2. The van der Waals surface area contributed by atoms with Crippen LogP contribution in [0.25, 0.3) is 5.57 Å². The molecule has 4 rings (SSSR count). The Balaban J connectivity index is 1.95. The second kappa shape index (κ2) is 4.35. The van der Waals surface area contributed by atoms with Crippen LogP contribution in [0.4, 0.5) is 0 Å². The van der Waals surface area contributed by atoms with E-state index in [1.807, 2.05) is 0 Å². The van der Waals surface area contributed by atoms with Gasteiger partial charge in [0.05, 0.1) is 11.6 Å². The molecule has 0 bridgehead atoms. The lowest BCUT2D eigenvalue weighted by Gasteiger charge is -2.39. The van der Waals surface area contributed by atoms with Crippen LogP contribution >= 0.6 is 0 Å². The number of ether oxygens (including phenoxy) is 2. The normalized spacial score (nSPS) is 32.0. The number of carbonyl (C=O) groups excluding carboxylic acids is 1. The Morgan fingerprint density at radius 1 is 1.18 bits per heavy atom. The van der Waals surface area contributed by atoms with Crippen molar-refractivity contribution in [3.8, 4) is 17.2 Å². The molecule has 0 aromatic heterocycles. The van der Waals surface area contributed by atoms with Crippen molar-refractivity contribution in [3.05, 3.63) is 23.3 Å². The molecule has 0 unspecified atom stereocenters. The fourth-order valence-corrected chi connectivity index (χ4v) is 3.09. The second-order valence-corrected chi connectivity index (χ2v) is 5.43. The fourth-order valence-electron chi connectivity index (χ4n) is 3.09. The van der Waals surface area contributed by atoms with Gasteiger partial charge in [-0.3, -0.25) is 4.79 Å². The Bertz CT molecular complexity index is 714. The zero-order chi connectivity index (χ0) is 15.6. The molecule has 2 aliphatic heterocycles. The van der Waals surface area contributed by atoms with E-state index in [0.717, 1.165) is 0 Å². The molecule has 0 radical (unpaired) electrons. The van der Waals surface area contributed by atoms with Crippen LogP contribution in [0.2, 0.25) is 0 Å². The van der Waals surface area contributed by atoms with Crippen molar-refractivity contribution in [2.24, 2.45) is 0 Å². The summed E-state index contributed by atoms with van der Waals surface area (Å²) in [5, 5.41) is 42.4. The average molecular weight is 307 g/mol. The van der Waals surface area contributed by atoms with Gasteiger partial charge in [-0.1, -0.05) is 0 Å². The predicted molar refractivity (Wildman–Crippen MR) is 71.5 cm³/mol. The van der Waals surface area contributed by atoms with Crippen LogP contribution in [0, 0.1) is 0 Å². The van der Waals surface area contributed by atoms with Gasteiger partial charge in [0.25, 0.3) is 5.91 Å². The van der Waals surface area contributed by atoms with E-state index in [-0.39, 0.29) is 29.6 Å². The summed E-state index contributed by atoms with van der Waals surface area (Å²) in [6.07, 6.45) is -2.70. The molecule has 8 nitrogen and oxygen atoms in total. The molecular formula is C14H13NO7. The van der Waals surface area contributed by atoms with Gasteiger partial charge in [0, 0.05) is 5.56 Å². The first-order chi connectivity index (χ1) is 10.5. The molecule has 1 aromatic carbocycles. The molecule has 116 valence electrons. The van der Waals surface area contributed by atoms with Crippen molar-refractivity contribution >= 4 is 11.5 Å². The Hall–Kier alpha value is -2.29. The maximum Gasteiger partial charge on any atom is 0.256 e. The van der Waals surface area contributed by atoms with E-state index in [4.69, 9.17) is 9.47 Å². The number of aliphatic hydroxyl groups excluding tert-OH is 3. The molecule has 0 saturated heterocycles. The number of benzene rings is 1. The smallest absolute Gasteiger partial charge is 0.256 e. The van der Waals surface area contributed by atoms with Gasteiger partial charge in [-0.15, -0.1) is 0 Å². The third-order valence-corrected chi connectivity index (χ3v) is 4.19. The Morgan fingerprint density at radius 2 is 1.95 bits per heavy atom. The SMILES string of the molecule is O=C1N[C@@H]2C(=C[C@H](O)[C@H](O)[C@@H]2O)c2cc3c(c(O)c21)OCO3. The highest BCUT2D eigenvalue weighted by Crippen LogP contribution is 2.48. The maximum atomic E-state index is 12.2. The van der Waals surface area contributed by atoms with Gasteiger partial charge in [0.2, 0.25) is 12.5 Å². The van der Waals surface area contributed by atoms with Crippen LogP contribution in [-0.4, -0.2) is 57.5 Å². The molecule has 5 N–H and O–H groups in total. The van der Waals surface area contributed by atoms with Gasteiger partial charge in [0.15, 0.2) is 11.5 Å². The van der Waals surface area contributed by atoms with Crippen LogP contribution in [0.3, 0.4) is 0 Å². The number of aromatic hydroxyl groups is 1. The van der Waals surface area contributed by atoms with E-state index in [9.17, 15) is 25.2 Å². The van der Waals surface area contributed by atoms with Crippen molar-refractivity contribution in [3.63, 3.8) is 0 Å². The number of nitrogens with one attached hydrogen (secondary N) is 1. The van der Waals surface area contributed by atoms with Crippen molar-refractivity contribution in [1.82, 2.24) is 5.32 Å². The lowest BCUT2D eigenvalue weighted by atomic mass is 9.79. The van der Waals surface area contributed by atoms with Gasteiger partial charge < -0.3 is 35.2 Å². The second-order valence-electron chi connectivity index (χ2n) is 5.43. The molecule has 0 spiro atoms. The summed E-state index contributed by atoms with van der Waals surface area (Å²) in [5.41, 5.74) is 0.733. The highest BCUT2D eigenvalue weighted by Gasteiger charge is 2.44. The zero-order valence-electron chi connectivity index (χ0n) is 11.2. The molecule has 1 amide bonds. The summed E-state index contributed by atoms with van der Waals surface area (Å²) in [7, 11) is 0. The van der Waals surface area contributed by atoms with Crippen LogP contribution in [-0.2, 0) is 0 Å². The zero-order valence-corrected chi connectivity index (χ0v) is 11.2. The molecule has 0 fully saturated rings. The van der Waals surface area contributed by atoms with Crippen molar-refractivity contribution in [2.45, 2.75) is 24.4 Å². The highest BCUT2D eigenvalue weighted by atomic mass is 16.7. The first kappa shape index (κ1) is 13.4. The van der Waals surface area contributed by atoms with Crippen LogP contribution in [0.5, 0.6) is 17.2 Å². The molecule has 8 heteroatoms. The van der Waals surface area contributed by atoms with Crippen LogP contribution < -0.4 is 14.8 Å². The summed E-state index contributed by atoms with van der Waals surface area (Å²) in [6.45, 7) is -0.0696. The van der Waals surface area contributed by atoms with Crippen LogP contribution in [0.15, 0.2) is 12.1 Å². The lowest BCUT2D eigenvalue weighted by molar-refractivity contribution is -0.0535. The van der Waals surface area contributed by atoms with Gasteiger partial charge in [-0.2, -0.15) is 0 Å². The van der Waals surface area contributed by atoms with Gasteiger partial charge in [-0.25, -0.2) is 0 Å². The molecular weight excluding hydrogens is 294 g/mol. The number of amides is 1. The van der Waals surface area contributed by atoms with E-state index < -0.39 is 30.3 Å². The predicted octanol–water partition coefficient (Wildman–Crippen LogP) is -1.29. The topological polar surface area (TPSA) is 128 Å². The highest BCUT2D eigenvalue weighted by molar-refractivity contribution is 6.07. The number of carbonyl (C=O) groups is 1. The number of phenolic OH excluding ortho intramolecular Hbond substituents is 1. The third kappa shape index (κ3) is 1.59. The minimum Gasteiger partial charge on any atom is -0.504 e. The van der Waals surface area contributed by atoms with E-state index in [1.54, 1.807) is 0 Å². The summed E-state index contributed by atoms with van der Waals surface area (Å²) >= 11 is 0. The molecule has 2 heterocycles. The number of aliphatic hydroxyl groups is 3. The summed E-state index contributed by atoms with van der Waals surface area (Å²) in [4.78, 5) is 12.2. The Morgan fingerprint density at radius 3 is 2.73 bits per heavy atom. The fraction of sp³-hybridized carbons (Fsp3) is 0.357. The van der Waals surface area contributed by atoms with Crippen molar-refractivity contribution in [1.29, 1.82) is 0 Å². The largest absolute Gasteiger partial charge is 0.504 e. The minimum atomic E-state index is -1.40. The average Bonchev–Trinajstić information content (AvgIpc) is 2.95. The van der Waals surface area contributed by atoms with Gasteiger partial charge in [-0.05, 0) is 17.7 Å². The van der Waals surface area contributed by atoms with Crippen LogP contribution in [0.1, 0.15) is 15.9 Å². The molecule has 3 aliphatic rings. The number of rotatable bonds is 0. The quantitative estimate of drug-likeness (QED) is 0.403. The van der Waals surface area contributed by atoms with Gasteiger partial charge >= 0.3 is 0 Å². The van der Waals surface area contributed by atoms with E-state index >= 15 is 0 Å². The molecule has 1 aromatic rings. The number of hydrogen-bond donors (Lipinski definition) is 5. The standard InChI is InChI=1S/C14H13NO7/c16-6-1-5-4-2-7-13(22-3-21-7)11(18)8(4)14(20)15-9(5)12(19)10(6)17/h1-2,6,9-10,12,16-19H,3H2,(H,15,20)/t6-,9+,10-,12+/m0/s1. The monoisotopic (exact) mass is 307 g/mol. The molecule has 4 atom stereocenters. The Labute approximate surface area is 124 Å². The van der Waals surface area contributed by atoms with E-state index in [1.165, 1.54) is 12.1 Å². The number of hydrogen-bond acceptors (Lipinski definition) is 7.